The predicted octanol–water partition coefficient (Wildman–Crippen LogP) is 1.40. The van der Waals surface area contributed by atoms with Crippen LogP contribution in [0.4, 0.5) is 0 Å². The van der Waals surface area contributed by atoms with Gasteiger partial charge in [0.2, 0.25) is 5.75 Å². The van der Waals surface area contributed by atoms with Crippen molar-refractivity contribution in [2.24, 2.45) is 4.99 Å². The van der Waals surface area contributed by atoms with Crippen molar-refractivity contribution in [2.45, 2.75) is 26.4 Å². The summed E-state index contributed by atoms with van der Waals surface area (Å²) >= 11 is 0. The number of aliphatic imine (C=N–C) groups is 1. The number of nitrogens with zero attached hydrogens (tertiary/aromatic N) is 3. The Bertz CT molecular complexity index is 635. The first kappa shape index (κ1) is 23.1. The third kappa shape index (κ3) is 6.40. The fourth-order valence-corrected chi connectivity index (χ4v) is 3.54. The SMILES string of the molecule is CCN1CCN(C(C)CNC(=NC)NCc2cc(OC)c(OC)c(OC)c2)CC1. The van der Waals surface area contributed by atoms with Crippen molar-refractivity contribution in [3.63, 3.8) is 0 Å². The summed E-state index contributed by atoms with van der Waals surface area (Å²) < 4.78 is 16.2. The second-order valence-electron chi connectivity index (χ2n) is 7.16. The van der Waals surface area contributed by atoms with Crippen LogP contribution in [0.15, 0.2) is 17.1 Å². The van der Waals surface area contributed by atoms with Crippen LogP contribution < -0.4 is 24.8 Å². The molecule has 0 aromatic heterocycles. The zero-order valence-corrected chi connectivity index (χ0v) is 18.7. The topological polar surface area (TPSA) is 70.6 Å². The Morgan fingerprint density at radius 2 is 1.66 bits per heavy atom. The molecule has 164 valence electrons. The van der Waals surface area contributed by atoms with Gasteiger partial charge in [-0.2, -0.15) is 0 Å². The molecule has 0 saturated carbocycles. The lowest BCUT2D eigenvalue weighted by molar-refractivity contribution is 0.107. The average Bonchev–Trinajstić information content (AvgIpc) is 2.78. The quantitative estimate of drug-likeness (QED) is 0.474. The Hall–Kier alpha value is -2.19. The molecule has 8 heteroatoms. The Kier molecular flexibility index (Phi) is 9.34. The minimum Gasteiger partial charge on any atom is -0.493 e. The zero-order chi connectivity index (χ0) is 21.2. The van der Waals surface area contributed by atoms with Gasteiger partial charge in [0, 0.05) is 52.4 Å². The number of ether oxygens (including phenoxy) is 3. The van der Waals surface area contributed by atoms with E-state index < -0.39 is 0 Å². The molecule has 1 aromatic rings. The van der Waals surface area contributed by atoms with Gasteiger partial charge >= 0.3 is 0 Å². The van der Waals surface area contributed by atoms with Gasteiger partial charge in [-0.1, -0.05) is 6.92 Å². The minimum absolute atomic E-state index is 0.453. The molecule has 1 heterocycles. The van der Waals surface area contributed by atoms with E-state index in [-0.39, 0.29) is 0 Å². The van der Waals surface area contributed by atoms with Gasteiger partial charge < -0.3 is 29.7 Å². The molecule has 0 bridgehead atoms. The number of guanidine groups is 1. The predicted molar refractivity (Wildman–Crippen MR) is 117 cm³/mol. The van der Waals surface area contributed by atoms with Gasteiger partial charge in [-0.15, -0.1) is 0 Å². The molecule has 1 aromatic carbocycles. The summed E-state index contributed by atoms with van der Waals surface area (Å²) in [5, 5.41) is 6.80. The van der Waals surface area contributed by atoms with E-state index >= 15 is 0 Å². The third-order valence-electron chi connectivity index (χ3n) is 5.45. The molecule has 0 aliphatic carbocycles. The van der Waals surface area contributed by atoms with Crippen molar-refractivity contribution in [3.05, 3.63) is 17.7 Å². The van der Waals surface area contributed by atoms with E-state index in [9.17, 15) is 0 Å². The average molecular weight is 408 g/mol. The van der Waals surface area contributed by atoms with Gasteiger partial charge in [0.15, 0.2) is 17.5 Å². The van der Waals surface area contributed by atoms with Crippen molar-refractivity contribution < 1.29 is 14.2 Å². The van der Waals surface area contributed by atoms with E-state index in [0.717, 1.165) is 50.8 Å². The summed E-state index contributed by atoms with van der Waals surface area (Å²) in [5.41, 5.74) is 1.02. The first-order valence-corrected chi connectivity index (χ1v) is 10.3. The van der Waals surface area contributed by atoms with E-state index in [1.165, 1.54) is 0 Å². The lowest BCUT2D eigenvalue weighted by Gasteiger charge is -2.37. The van der Waals surface area contributed by atoms with E-state index in [2.05, 4.69) is 39.3 Å². The van der Waals surface area contributed by atoms with Crippen LogP contribution in [0.1, 0.15) is 19.4 Å². The fraction of sp³-hybridized carbons (Fsp3) is 0.667. The molecule has 1 atom stereocenters. The third-order valence-corrected chi connectivity index (χ3v) is 5.45. The van der Waals surface area contributed by atoms with Gasteiger partial charge in [0.1, 0.15) is 0 Å². The number of piperazine rings is 1. The Balaban J connectivity index is 1.87. The Morgan fingerprint density at radius 1 is 1.03 bits per heavy atom. The maximum atomic E-state index is 5.43. The van der Waals surface area contributed by atoms with Crippen molar-refractivity contribution in [1.29, 1.82) is 0 Å². The Morgan fingerprint density at radius 3 is 2.14 bits per heavy atom. The molecule has 0 spiro atoms. The standard InChI is InChI=1S/C21H37N5O3/c1-7-25-8-10-26(11-9-25)16(2)14-23-21(22-3)24-15-17-12-18(27-4)20(29-6)19(13-17)28-5/h12-13,16H,7-11,14-15H2,1-6H3,(H2,22,23,24). The van der Waals surface area contributed by atoms with E-state index in [1.807, 2.05) is 12.1 Å². The maximum absolute atomic E-state index is 5.43. The van der Waals surface area contributed by atoms with E-state index in [1.54, 1.807) is 28.4 Å². The second-order valence-corrected chi connectivity index (χ2v) is 7.16. The van der Waals surface area contributed by atoms with Gasteiger partial charge in [-0.05, 0) is 31.2 Å². The molecule has 0 radical (unpaired) electrons. The number of methoxy groups -OCH3 is 3. The highest BCUT2D eigenvalue weighted by Crippen LogP contribution is 2.38. The summed E-state index contributed by atoms with van der Waals surface area (Å²) in [6, 6.07) is 4.34. The lowest BCUT2D eigenvalue weighted by Crippen LogP contribution is -2.53. The highest BCUT2D eigenvalue weighted by Gasteiger charge is 2.20. The maximum Gasteiger partial charge on any atom is 0.203 e. The van der Waals surface area contributed by atoms with E-state index in [4.69, 9.17) is 14.2 Å². The number of rotatable bonds is 9. The molecule has 29 heavy (non-hydrogen) atoms. The molecule has 1 aliphatic rings. The van der Waals surface area contributed by atoms with Crippen LogP contribution in [0.25, 0.3) is 0 Å². The molecule has 8 nitrogen and oxygen atoms in total. The summed E-state index contributed by atoms with van der Waals surface area (Å²) in [6.07, 6.45) is 0. The van der Waals surface area contributed by atoms with Crippen LogP contribution in [0.3, 0.4) is 0 Å². The first-order valence-electron chi connectivity index (χ1n) is 10.3. The summed E-state index contributed by atoms with van der Waals surface area (Å²) in [6.45, 7) is 11.6. The fourth-order valence-electron chi connectivity index (χ4n) is 3.54. The molecular formula is C21H37N5O3. The molecular weight excluding hydrogens is 370 g/mol. The first-order chi connectivity index (χ1) is 14.1. The number of hydrogen-bond acceptors (Lipinski definition) is 6. The zero-order valence-electron chi connectivity index (χ0n) is 18.7. The van der Waals surface area contributed by atoms with Gasteiger partial charge in [0.05, 0.1) is 21.3 Å². The monoisotopic (exact) mass is 407 g/mol. The van der Waals surface area contributed by atoms with Crippen LogP contribution in [0.2, 0.25) is 0 Å². The normalized spacial score (nSPS) is 17.0. The molecule has 2 N–H and O–H groups in total. The number of likely N-dealkylation sites (N-methyl/N-ethyl adjacent to an activating group) is 1. The van der Waals surface area contributed by atoms with E-state index in [0.29, 0.717) is 29.8 Å². The number of nitrogens with one attached hydrogen (secondary N) is 2. The van der Waals surface area contributed by atoms with Gasteiger partial charge in [-0.25, -0.2) is 0 Å². The van der Waals surface area contributed by atoms with Crippen molar-refractivity contribution in [2.75, 3.05) is 67.6 Å². The summed E-state index contributed by atoms with van der Waals surface area (Å²) in [5.74, 6) is 2.66. The van der Waals surface area contributed by atoms with Crippen LogP contribution >= 0.6 is 0 Å². The van der Waals surface area contributed by atoms with Crippen molar-refractivity contribution in [1.82, 2.24) is 20.4 Å². The molecule has 1 fully saturated rings. The molecule has 2 rings (SSSR count). The van der Waals surface area contributed by atoms with Gasteiger partial charge in [-0.3, -0.25) is 9.89 Å². The second kappa shape index (κ2) is 11.7. The minimum atomic E-state index is 0.453. The molecule has 0 amide bonds. The summed E-state index contributed by atoms with van der Waals surface area (Å²) in [7, 11) is 6.63. The molecule has 1 saturated heterocycles. The highest BCUT2D eigenvalue weighted by atomic mass is 16.5. The largest absolute Gasteiger partial charge is 0.493 e. The van der Waals surface area contributed by atoms with Crippen LogP contribution in [0, 0.1) is 0 Å². The number of hydrogen-bond donors (Lipinski definition) is 2. The smallest absolute Gasteiger partial charge is 0.203 e. The number of benzene rings is 1. The lowest BCUT2D eigenvalue weighted by atomic mass is 10.2. The van der Waals surface area contributed by atoms with Crippen LogP contribution in [-0.4, -0.2) is 89.4 Å². The molecule has 1 aliphatic heterocycles. The van der Waals surface area contributed by atoms with Crippen LogP contribution in [-0.2, 0) is 6.54 Å². The Labute approximate surface area is 175 Å². The van der Waals surface area contributed by atoms with Crippen LogP contribution in [0.5, 0.6) is 17.2 Å². The molecule has 1 unspecified atom stereocenters. The van der Waals surface area contributed by atoms with Gasteiger partial charge in [0.25, 0.3) is 0 Å². The van der Waals surface area contributed by atoms with Crippen molar-refractivity contribution in [3.8, 4) is 17.2 Å². The summed E-state index contributed by atoms with van der Waals surface area (Å²) in [4.78, 5) is 9.37. The highest BCUT2D eigenvalue weighted by molar-refractivity contribution is 5.79. The van der Waals surface area contributed by atoms with Crippen molar-refractivity contribution >= 4 is 5.96 Å².